The van der Waals surface area contributed by atoms with Crippen LogP contribution in [0.15, 0.2) is 83.5 Å². The third-order valence-corrected chi connectivity index (χ3v) is 7.87. The number of benzene rings is 3. The maximum atomic E-state index is 12.6. The van der Waals surface area contributed by atoms with E-state index in [1.807, 2.05) is 18.2 Å². The first kappa shape index (κ1) is 21.1. The molecule has 0 radical (unpaired) electrons. The number of hydrogen-bond donors (Lipinski definition) is 2. The van der Waals surface area contributed by atoms with Crippen LogP contribution in [0.5, 0.6) is 0 Å². The summed E-state index contributed by atoms with van der Waals surface area (Å²) in [6, 6.07) is 24.1. The highest BCUT2D eigenvalue weighted by Gasteiger charge is 2.51. The summed E-state index contributed by atoms with van der Waals surface area (Å²) in [5, 5.41) is 15.3. The third-order valence-electron chi connectivity index (χ3n) is 7.63. The minimum atomic E-state index is -1.04. The fraction of sp³-hybridized carbons (Fsp3) is 0.207. The maximum Gasteiger partial charge on any atom is 0.329 e. The Morgan fingerprint density at radius 1 is 0.941 bits per heavy atom. The lowest BCUT2D eigenvalue weighted by atomic mass is 9.61. The highest BCUT2D eigenvalue weighted by atomic mass is 35.5. The molecule has 1 fully saturated rings. The van der Waals surface area contributed by atoms with Gasteiger partial charge in [-0.15, -0.1) is 0 Å². The van der Waals surface area contributed by atoms with Crippen molar-refractivity contribution >= 4 is 45.9 Å². The number of fused-ring (bicyclic) bond motifs is 3. The monoisotopic (exact) mass is 469 g/mol. The lowest BCUT2D eigenvalue weighted by Crippen LogP contribution is -2.52. The van der Waals surface area contributed by atoms with Crippen molar-refractivity contribution in [3.63, 3.8) is 0 Å². The van der Waals surface area contributed by atoms with E-state index in [1.165, 1.54) is 16.7 Å². The van der Waals surface area contributed by atoms with Gasteiger partial charge in [-0.1, -0.05) is 54.1 Å². The second-order valence-electron chi connectivity index (χ2n) is 9.42. The maximum absolute atomic E-state index is 12.6. The smallest absolute Gasteiger partial charge is 0.329 e. The van der Waals surface area contributed by atoms with Gasteiger partial charge in [0.2, 0.25) is 0 Å². The molecule has 0 saturated heterocycles. The molecule has 4 nitrogen and oxygen atoms in total. The van der Waals surface area contributed by atoms with Gasteiger partial charge in [-0.25, -0.2) is 4.79 Å². The molecule has 1 saturated carbocycles. The van der Waals surface area contributed by atoms with Gasteiger partial charge in [-0.2, -0.15) is 0 Å². The molecular weight excluding hydrogens is 446 g/mol. The van der Waals surface area contributed by atoms with Gasteiger partial charge in [0.25, 0.3) is 0 Å². The van der Waals surface area contributed by atoms with E-state index >= 15 is 0 Å². The van der Waals surface area contributed by atoms with E-state index in [4.69, 9.17) is 16.0 Å². The fourth-order valence-corrected chi connectivity index (χ4v) is 6.05. The number of hydrogen-bond acceptors (Lipinski definition) is 3. The molecule has 2 aliphatic rings. The minimum absolute atomic E-state index is 0.230. The van der Waals surface area contributed by atoms with Crippen molar-refractivity contribution in [2.24, 2.45) is 0 Å². The average Bonchev–Trinajstić information content (AvgIpc) is 3.43. The molecule has 0 amide bonds. The SMILES string of the molecule is O=C(O)C1(Nc2cccc(Cl)c2)CCC2(CC1)C(c1ccc3ccoc3c1)=Cc1ccccc12. The Balaban J connectivity index is 1.39. The molecule has 5 heteroatoms. The number of carboxylic acid groups (broad SMARTS) is 1. The zero-order chi connectivity index (χ0) is 23.3. The molecule has 0 aliphatic heterocycles. The summed E-state index contributed by atoms with van der Waals surface area (Å²) in [4.78, 5) is 12.6. The first-order valence-corrected chi connectivity index (χ1v) is 11.9. The molecule has 0 atom stereocenters. The van der Waals surface area contributed by atoms with Crippen LogP contribution in [-0.2, 0) is 10.2 Å². The first-order valence-electron chi connectivity index (χ1n) is 11.6. The molecule has 0 unspecified atom stereocenters. The number of carbonyl (C=O) groups is 1. The van der Waals surface area contributed by atoms with Gasteiger partial charge in [0, 0.05) is 21.5 Å². The normalized spacial score (nSPS) is 23.6. The summed E-state index contributed by atoms with van der Waals surface area (Å²) >= 11 is 6.16. The van der Waals surface area contributed by atoms with E-state index in [9.17, 15) is 9.90 Å². The molecule has 1 aromatic heterocycles. The Bertz CT molecular complexity index is 1440. The van der Waals surface area contributed by atoms with Gasteiger partial charge in [0.1, 0.15) is 11.1 Å². The zero-order valence-electron chi connectivity index (χ0n) is 18.6. The highest BCUT2D eigenvalue weighted by Crippen LogP contribution is 2.56. The predicted octanol–water partition coefficient (Wildman–Crippen LogP) is 7.39. The Morgan fingerprint density at radius 3 is 2.56 bits per heavy atom. The minimum Gasteiger partial charge on any atom is -0.480 e. The molecular formula is C29H24ClNO3. The Kier molecular flexibility index (Phi) is 4.82. The lowest BCUT2D eigenvalue weighted by molar-refractivity contribution is -0.143. The highest BCUT2D eigenvalue weighted by molar-refractivity contribution is 6.30. The largest absolute Gasteiger partial charge is 0.480 e. The summed E-state index contributed by atoms with van der Waals surface area (Å²) in [6.45, 7) is 0. The van der Waals surface area contributed by atoms with Crippen molar-refractivity contribution in [3.05, 3.63) is 101 Å². The van der Waals surface area contributed by atoms with Gasteiger partial charge in [0.05, 0.1) is 6.26 Å². The van der Waals surface area contributed by atoms with Crippen molar-refractivity contribution in [3.8, 4) is 0 Å². The topological polar surface area (TPSA) is 62.5 Å². The van der Waals surface area contributed by atoms with E-state index in [-0.39, 0.29) is 5.41 Å². The predicted molar refractivity (Wildman–Crippen MR) is 136 cm³/mol. The summed E-state index contributed by atoms with van der Waals surface area (Å²) in [7, 11) is 0. The molecule has 6 rings (SSSR count). The number of nitrogens with one attached hydrogen (secondary N) is 1. The standard InChI is InChI=1S/C29H24ClNO3/c30-22-5-3-6-23(18-22)31-29(27(32)33)13-11-28(12-14-29)24-7-2-1-4-20(24)16-25(28)21-9-8-19-10-15-34-26(19)17-21/h1-10,15-18,31H,11-14H2,(H,32,33). The van der Waals surface area contributed by atoms with Crippen LogP contribution in [-0.4, -0.2) is 16.6 Å². The molecule has 3 aromatic carbocycles. The second-order valence-corrected chi connectivity index (χ2v) is 9.86. The van der Waals surface area contributed by atoms with Gasteiger partial charge >= 0.3 is 5.97 Å². The number of allylic oxidation sites excluding steroid dienone is 1. The van der Waals surface area contributed by atoms with Gasteiger partial charge < -0.3 is 14.8 Å². The number of rotatable bonds is 4. The van der Waals surface area contributed by atoms with Crippen LogP contribution in [0, 0.1) is 0 Å². The van der Waals surface area contributed by atoms with E-state index in [1.54, 1.807) is 18.4 Å². The third kappa shape index (κ3) is 3.24. The zero-order valence-corrected chi connectivity index (χ0v) is 19.3. The molecule has 1 heterocycles. The van der Waals surface area contributed by atoms with Crippen molar-refractivity contribution in [1.29, 1.82) is 0 Å². The molecule has 4 aromatic rings. The van der Waals surface area contributed by atoms with Crippen LogP contribution in [0.1, 0.15) is 42.4 Å². The van der Waals surface area contributed by atoms with Crippen molar-refractivity contribution in [2.75, 3.05) is 5.32 Å². The fourth-order valence-electron chi connectivity index (χ4n) is 5.86. The number of halogens is 1. The van der Waals surface area contributed by atoms with Crippen LogP contribution in [0.2, 0.25) is 5.02 Å². The van der Waals surface area contributed by atoms with Gasteiger partial charge in [0.15, 0.2) is 0 Å². The first-order chi connectivity index (χ1) is 16.5. The molecule has 0 bridgehead atoms. The van der Waals surface area contributed by atoms with Crippen molar-refractivity contribution < 1.29 is 14.3 Å². The van der Waals surface area contributed by atoms with Gasteiger partial charge in [-0.05, 0) is 84.4 Å². The van der Waals surface area contributed by atoms with Gasteiger partial charge in [-0.3, -0.25) is 0 Å². The number of anilines is 1. The van der Waals surface area contributed by atoms with E-state index in [2.05, 4.69) is 53.9 Å². The quantitative estimate of drug-likeness (QED) is 0.327. The summed E-state index contributed by atoms with van der Waals surface area (Å²) in [5.74, 6) is -0.823. The van der Waals surface area contributed by atoms with Crippen LogP contribution in [0.25, 0.3) is 22.6 Å². The Morgan fingerprint density at radius 2 is 1.76 bits per heavy atom. The Labute approximate surface area is 202 Å². The van der Waals surface area contributed by atoms with Crippen LogP contribution < -0.4 is 5.32 Å². The second kappa shape index (κ2) is 7.78. The van der Waals surface area contributed by atoms with E-state index < -0.39 is 11.5 Å². The molecule has 2 aliphatic carbocycles. The lowest BCUT2D eigenvalue weighted by Gasteiger charge is -2.45. The average molecular weight is 470 g/mol. The number of aliphatic carboxylic acids is 1. The number of furan rings is 1. The summed E-state index contributed by atoms with van der Waals surface area (Å²) in [5.41, 5.74) is 5.20. The van der Waals surface area contributed by atoms with E-state index in [0.717, 1.165) is 35.1 Å². The number of carboxylic acids is 1. The van der Waals surface area contributed by atoms with Crippen LogP contribution in [0.3, 0.4) is 0 Å². The molecule has 170 valence electrons. The Hall–Kier alpha value is -3.50. The summed E-state index contributed by atoms with van der Waals surface area (Å²) < 4.78 is 5.69. The van der Waals surface area contributed by atoms with E-state index in [0.29, 0.717) is 17.9 Å². The molecule has 34 heavy (non-hydrogen) atoms. The summed E-state index contributed by atoms with van der Waals surface area (Å²) in [6.07, 6.45) is 6.45. The van der Waals surface area contributed by atoms with Crippen molar-refractivity contribution in [1.82, 2.24) is 0 Å². The van der Waals surface area contributed by atoms with Crippen molar-refractivity contribution in [2.45, 2.75) is 36.6 Å². The molecule has 1 spiro atoms. The van der Waals surface area contributed by atoms with Crippen LogP contribution in [0.4, 0.5) is 5.69 Å². The molecule has 2 N–H and O–H groups in total. The van der Waals surface area contributed by atoms with Crippen LogP contribution >= 0.6 is 11.6 Å².